The van der Waals surface area contributed by atoms with Crippen LogP contribution >= 0.6 is 15.9 Å². The summed E-state index contributed by atoms with van der Waals surface area (Å²) in [5.74, 6) is 1.15. The Morgan fingerprint density at radius 2 is 1.96 bits per heavy atom. The van der Waals surface area contributed by atoms with E-state index in [0.717, 1.165) is 10.0 Å². The van der Waals surface area contributed by atoms with E-state index in [-0.39, 0.29) is 18.2 Å². The smallest absolute Gasteiger partial charge is 0.242 e. The van der Waals surface area contributed by atoms with Crippen molar-refractivity contribution >= 4 is 26.0 Å². The molecule has 142 valence electrons. The predicted octanol–water partition coefficient (Wildman–Crippen LogP) is 3.47. The molecule has 1 heterocycles. The van der Waals surface area contributed by atoms with Crippen molar-refractivity contribution in [1.82, 2.24) is 14.4 Å². The number of hydrogen-bond acceptors (Lipinski definition) is 6. The molecule has 0 spiro atoms. The fourth-order valence-electron chi connectivity index (χ4n) is 2.43. The molecular formula is C18H18BrN3O4S. The topological polar surface area (TPSA) is 85.5 Å². The van der Waals surface area contributed by atoms with Crippen molar-refractivity contribution < 1.29 is 17.7 Å². The molecule has 0 N–H and O–H groups in total. The van der Waals surface area contributed by atoms with Crippen LogP contribution in [0.3, 0.4) is 0 Å². The van der Waals surface area contributed by atoms with Crippen LogP contribution < -0.4 is 4.74 Å². The van der Waals surface area contributed by atoms with Gasteiger partial charge in [0.2, 0.25) is 21.7 Å². The lowest BCUT2D eigenvalue weighted by atomic mass is 10.2. The molecule has 2 aromatic carbocycles. The van der Waals surface area contributed by atoms with E-state index in [2.05, 4.69) is 26.1 Å². The van der Waals surface area contributed by atoms with Crippen LogP contribution in [-0.4, -0.2) is 37.0 Å². The van der Waals surface area contributed by atoms with Gasteiger partial charge < -0.3 is 9.26 Å². The minimum absolute atomic E-state index is 0.00664. The van der Waals surface area contributed by atoms with Crippen LogP contribution in [-0.2, 0) is 22.3 Å². The Hall–Kier alpha value is -2.23. The maximum Gasteiger partial charge on any atom is 0.242 e. The van der Waals surface area contributed by atoms with E-state index in [4.69, 9.17) is 9.26 Å². The third kappa shape index (κ3) is 4.94. The van der Waals surface area contributed by atoms with E-state index < -0.39 is 10.0 Å². The highest BCUT2D eigenvalue weighted by Gasteiger charge is 2.22. The summed E-state index contributed by atoms with van der Waals surface area (Å²) >= 11 is 3.35. The minimum Gasteiger partial charge on any atom is -0.497 e. The summed E-state index contributed by atoms with van der Waals surface area (Å²) in [7, 11) is -0.466. The highest BCUT2D eigenvalue weighted by atomic mass is 79.9. The summed E-state index contributed by atoms with van der Waals surface area (Å²) in [6.07, 6.45) is 0. The van der Waals surface area contributed by atoms with Crippen molar-refractivity contribution in [1.29, 1.82) is 0 Å². The number of methoxy groups -OCH3 is 1. The average Bonchev–Trinajstić information content (AvgIpc) is 3.10. The largest absolute Gasteiger partial charge is 0.497 e. The van der Waals surface area contributed by atoms with Crippen molar-refractivity contribution in [3.63, 3.8) is 0 Å². The van der Waals surface area contributed by atoms with Gasteiger partial charge in [-0.15, -0.1) is 0 Å². The Morgan fingerprint density at radius 3 is 2.70 bits per heavy atom. The summed E-state index contributed by atoms with van der Waals surface area (Å²) in [5.41, 5.74) is 1.42. The molecular weight excluding hydrogens is 434 g/mol. The molecule has 0 aliphatic heterocycles. The van der Waals surface area contributed by atoms with Gasteiger partial charge in [-0.05, 0) is 29.8 Å². The first-order valence-electron chi connectivity index (χ1n) is 8.03. The maximum atomic E-state index is 12.6. The molecule has 0 aliphatic carbocycles. The lowest BCUT2D eigenvalue weighted by Gasteiger charge is -2.15. The molecule has 0 fully saturated rings. The molecule has 0 radical (unpaired) electrons. The first-order valence-corrected chi connectivity index (χ1v) is 10.4. The van der Waals surface area contributed by atoms with E-state index in [1.807, 2.05) is 24.3 Å². The Kier molecular flexibility index (Phi) is 5.93. The van der Waals surface area contributed by atoms with Gasteiger partial charge in [-0.2, -0.15) is 9.29 Å². The van der Waals surface area contributed by atoms with Gasteiger partial charge in [-0.25, -0.2) is 8.42 Å². The zero-order valence-electron chi connectivity index (χ0n) is 14.8. The number of nitrogens with zero attached hydrogens (tertiary/aromatic N) is 3. The lowest BCUT2D eigenvalue weighted by Crippen LogP contribution is -2.27. The number of halogens is 1. The van der Waals surface area contributed by atoms with Crippen LogP contribution in [0.1, 0.15) is 11.5 Å². The molecule has 0 amide bonds. The molecule has 27 heavy (non-hydrogen) atoms. The number of sulfonamides is 1. The third-order valence-electron chi connectivity index (χ3n) is 3.87. The second-order valence-corrected chi connectivity index (χ2v) is 8.88. The molecule has 9 heteroatoms. The first-order chi connectivity index (χ1) is 12.9. The fourth-order valence-corrected chi connectivity index (χ4v) is 4.01. The van der Waals surface area contributed by atoms with Crippen LogP contribution in [0.2, 0.25) is 0 Å². The van der Waals surface area contributed by atoms with Crippen molar-refractivity contribution in [2.45, 2.75) is 12.3 Å². The van der Waals surface area contributed by atoms with E-state index in [1.165, 1.54) is 11.4 Å². The van der Waals surface area contributed by atoms with E-state index in [1.54, 1.807) is 31.4 Å². The van der Waals surface area contributed by atoms with Crippen LogP contribution in [0.4, 0.5) is 0 Å². The Morgan fingerprint density at radius 1 is 1.19 bits per heavy atom. The van der Waals surface area contributed by atoms with Gasteiger partial charge in [-0.3, -0.25) is 0 Å². The van der Waals surface area contributed by atoms with Gasteiger partial charge in [0.25, 0.3) is 0 Å². The molecule has 0 aliphatic rings. The Balaban J connectivity index is 1.72. The van der Waals surface area contributed by atoms with E-state index in [0.29, 0.717) is 17.1 Å². The molecule has 7 nitrogen and oxygen atoms in total. The molecule has 1 aromatic heterocycles. The standard InChI is InChI=1S/C18H18BrN3O4S/c1-22(27(23,24)12-13-5-3-7-15(19)9-13)11-17-20-18(21-26-17)14-6-4-8-16(10-14)25-2/h3-10H,11-12H2,1-2H3. The zero-order valence-corrected chi connectivity index (χ0v) is 17.2. The Bertz CT molecular complexity index is 1040. The van der Waals surface area contributed by atoms with Crippen LogP contribution in [0, 0.1) is 0 Å². The van der Waals surface area contributed by atoms with Crippen LogP contribution in [0.25, 0.3) is 11.4 Å². The van der Waals surface area contributed by atoms with Crippen molar-refractivity contribution in [3.8, 4) is 17.1 Å². The summed E-state index contributed by atoms with van der Waals surface area (Å²) in [5, 5.41) is 3.92. The summed E-state index contributed by atoms with van der Waals surface area (Å²) in [6, 6.07) is 14.4. The van der Waals surface area contributed by atoms with Gasteiger partial charge in [0.1, 0.15) is 5.75 Å². The zero-order chi connectivity index (χ0) is 19.4. The number of ether oxygens (including phenoxy) is 1. The van der Waals surface area contributed by atoms with Gasteiger partial charge in [0, 0.05) is 17.1 Å². The fraction of sp³-hybridized carbons (Fsp3) is 0.222. The maximum absolute atomic E-state index is 12.6. The first kappa shape index (κ1) is 19.5. The predicted molar refractivity (Wildman–Crippen MR) is 105 cm³/mol. The van der Waals surface area contributed by atoms with Gasteiger partial charge in [0.15, 0.2) is 0 Å². The molecule has 3 rings (SSSR count). The average molecular weight is 452 g/mol. The van der Waals surface area contributed by atoms with Crippen molar-refractivity contribution in [2.75, 3.05) is 14.2 Å². The second kappa shape index (κ2) is 8.20. The molecule has 0 saturated heterocycles. The summed E-state index contributed by atoms with van der Waals surface area (Å²) in [4.78, 5) is 4.28. The van der Waals surface area contributed by atoms with E-state index >= 15 is 0 Å². The van der Waals surface area contributed by atoms with Crippen molar-refractivity contribution in [3.05, 3.63) is 64.5 Å². The molecule has 0 unspecified atom stereocenters. The normalized spacial score (nSPS) is 11.7. The van der Waals surface area contributed by atoms with Gasteiger partial charge in [-0.1, -0.05) is 45.4 Å². The molecule has 0 saturated carbocycles. The highest BCUT2D eigenvalue weighted by Crippen LogP contribution is 2.22. The van der Waals surface area contributed by atoms with Crippen LogP contribution in [0.15, 0.2) is 57.5 Å². The molecule has 0 atom stereocenters. The lowest BCUT2D eigenvalue weighted by molar-refractivity contribution is 0.336. The number of hydrogen-bond donors (Lipinski definition) is 0. The van der Waals surface area contributed by atoms with Crippen molar-refractivity contribution in [2.24, 2.45) is 0 Å². The SMILES string of the molecule is COc1cccc(-c2noc(CN(C)S(=O)(=O)Cc3cccc(Br)c3)n2)c1. The minimum atomic E-state index is -3.53. The van der Waals surface area contributed by atoms with Crippen LogP contribution in [0.5, 0.6) is 5.75 Å². The number of benzene rings is 2. The molecule has 0 bridgehead atoms. The molecule has 3 aromatic rings. The second-order valence-electron chi connectivity index (χ2n) is 5.89. The van der Waals surface area contributed by atoms with E-state index in [9.17, 15) is 8.42 Å². The van der Waals surface area contributed by atoms with Gasteiger partial charge in [0.05, 0.1) is 19.4 Å². The monoisotopic (exact) mass is 451 g/mol. The third-order valence-corrected chi connectivity index (χ3v) is 6.14. The van der Waals surface area contributed by atoms with Gasteiger partial charge >= 0.3 is 0 Å². The number of rotatable bonds is 7. The summed E-state index contributed by atoms with van der Waals surface area (Å²) in [6.45, 7) is -0.00664. The highest BCUT2D eigenvalue weighted by molar-refractivity contribution is 9.10. The Labute approximate surface area is 166 Å². The summed E-state index contributed by atoms with van der Waals surface area (Å²) < 4.78 is 37.6. The number of aromatic nitrogens is 2. The quantitative estimate of drug-likeness (QED) is 0.546.